The Labute approximate surface area is 129 Å². The van der Waals surface area contributed by atoms with Crippen molar-refractivity contribution in [3.8, 4) is 0 Å². The van der Waals surface area contributed by atoms with E-state index in [4.69, 9.17) is 0 Å². The van der Waals surface area contributed by atoms with Crippen molar-refractivity contribution in [2.75, 3.05) is 0 Å². The minimum atomic E-state index is -3.81. The zero-order valence-electron chi connectivity index (χ0n) is 11.7. The summed E-state index contributed by atoms with van der Waals surface area (Å²) in [6.07, 6.45) is 4.16. The number of rotatable bonds is 5. The standard InChI is InChI=1S/C17H15NO3S/c19-17(12-11-15-7-3-1-4-8-15)18-22(20,21)14-13-16-9-5-2-6-10-16/h1-14H,(H,18,19). The van der Waals surface area contributed by atoms with Crippen LogP contribution < -0.4 is 4.72 Å². The molecule has 0 heterocycles. The highest BCUT2D eigenvalue weighted by atomic mass is 32.2. The average molecular weight is 313 g/mol. The summed E-state index contributed by atoms with van der Waals surface area (Å²) in [5.74, 6) is -0.693. The Morgan fingerprint density at radius 1 is 0.818 bits per heavy atom. The molecule has 0 bridgehead atoms. The van der Waals surface area contributed by atoms with E-state index in [0.717, 1.165) is 16.5 Å². The summed E-state index contributed by atoms with van der Waals surface area (Å²) in [6.45, 7) is 0. The average Bonchev–Trinajstić information content (AvgIpc) is 2.53. The molecule has 0 fully saturated rings. The quantitative estimate of drug-likeness (QED) is 0.863. The number of carbonyl (C=O) groups is 1. The molecule has 22 heavy (non-hydrogen) atoms. The number of sulfonamides is 1. The SMILES string of the molecule is O=C(C=Cc1ccccc1)NS(=O)(=O)C=Cc1ccccc1. The van der Waals surface area contributed by atoms with Crippen LogP contribution in [0.15, 0.2) is 72.1 Å². The van der Waals surface area contributed by atoms with Gasteiger partial charge in [0, 0.05) is 6.08 Å². The summed E-state index contributed by atoms with van der Waals surface area (Å²) in [7, 11) is -3.81. The Bertz CT molecular complexity index is 779. The number of amides is 1. The van der Waals surface area contributed by atoms with E-state index in [-0.39, 0.29) is 0 Å². The van der Waals surface area contributed by atoms with Crippen LogP contribution in [0.1, 0.15) is 11.1 Å². The lowest BCUT2D eigenvalue weighted by atomic mass is 10.2. The normalized spacial score (nSPS) is 11.8. The molecular formula is C17H15NO3S. The van der Waals surface area contributed by atoms with Gasteiger partial charge in [0.25, 0.3) is 15.9 Å². The number of carbonyl (C=O) groups excluding carboxylic acids is 1. The maximum atomic E-state index is 11.8. The van der Waals surface area contributed by atoms with Gasteiger partial charge in [-0.15, -0.1) is 0 Å². The second-order valence-electron chi connectivity index (χ2n) is 4.47. The Hall–Kier alpha value is -2.66. The molecule has 0 aliphatic carbocycles. The Balaban J connectivity index is 1.98. The van der Waals surface area contributed by atoms with Gasteiger partial charge in [-0.2, -0.15) is 0 Å². The molecule has 4 nitrogen and oxygen atoms in total. The molecule has 0 saturated carbocycles. The van der Waals surface area contributed by atoms with E-state index >= 15 is 0 Å². The molecule has 0 radical (unpaired) electrons. The molecule has 0 aromatic heterocycles. The van der Waals surface area contributed by atoms with E-state index in [9.17, 15) is 13.2 Å². The first-order valence-electron chi connectivity index (χ1n) is 6.58. The summed E-state index contributed by atoms with van der Waals surface area (Å²) >= 11 is 0. The first-order chi connectivity index (χ1) is 10.6. The van der Waals surface area contributed by atoms with E-state index in [1.165, 1.54) is 12.2 Å². The van der Waals surface area contributed by atoms with Gasteiger partial charge in [-0.3, -0.25) is 4.79 Å². The smallest absolute Gasteiger partial charge is 0.257 e. The monoisotopic (exact) mass is 313 g/mol. The third kappa shape index (κ3) is 5.38. The summed E-state index contributed by atoms with van der Waals surface area (Å²) < 4.78 is 25.5. The molecule has 0 saturated heterocycles. The van der Waals surface area contributed by atoms with Gasteiger partial charge in [0.1, 0.15) is 0 Å². The zero-order valence-corrected chi connectivity index (χ0v) is 12.5. The van der Waals surface area contributed by atoms with Crippen molar-refractivity contribution < 1.29 is 13.2 Å². The van der Waals surface area contributed by atoms with Crippen LogP contribution in [0.5, 0.6) is 0 Å². The van der Waals surface area contributed by atoms with Crippen molar-refractivity contribution in [3.05, 3.63) is 83.3 Å². The molecule has 0 aliphatic heterocycles. The predicted molar refractivity (Wildman–Crippen MR) is 88.0 cm³/mol. The molecule has 2 aromatic carbocycles. The van der Waals surface area contributed by atoms with Crippen LogP contribution in [0.25, 0.3) is 12.2 Å². The number of hydrogen-bond acceptors (Lipinski definition) is 3. The summed E-state index contributed by atoms with van der Waals surface area (Å²) in [4.78, 5) is 11.6. The molecule has 0 unspecified atom stereocenters. The molecule has 1 N–H and O–H groups in total. The van der Waals surface area contributed by atoms with Crippen LogP contribution in [0, 0.1) is 0 Å². The molecule has 0 spiro atoms. The zero-order chi connectivity index (χ0) is 15.8. The maximum absolute atomic E-state index is 11.8. The maximum Gasteiger partial charge on any atom is 0.257 e. The van der Waals surface area contributed by atoms with Gasteiger partial charge in [0.2, 0.25) is 0 Å². The second kappa shape index (κ2) is 7.38. The van der Waals surface area contributed by atoms with Crippen molar-refractivity contribution in [2.24, 2.45) is 0 Å². The topological polar surface area (TPSA) is 63.2 Å². The van der Waals surface area contributed by atoms with Crippen LogP contribution in [-0.4, -0.2) is 14.3 Å². The lowest BCUT2D eigenvalue weighted by Crippen LogP contribution is -2.26. The van der Waals surface area contributed by atoms with Crippen LogP contribution in [-0.2, 0) is 14.8 Å². The van der Waals surface area contributed by atoms with Crippen LogP contribution >= 0.6 is 0 Å². The van der Waals surface area contributed by atoms with Gasteiger partial charge in [0.15, 0.2) is 0 Å². The fourth-order valence-electron chi connectivity index (χ4n) is 1.68. The summed E-state index contributed by atoms with van der Waals surface area (Å²) in [5.41, 5.74) is 1.55. The largest absolute Gasteiger partial charge is 0.269 e. The van der Waals surface area contributed by atoms with Crippen LogP contribution in [0.3, 0.4) is 0 Å². The Morgan fingerprint density at radius 2 is 1.32 bits per heavy atom. The molecule has 1 amide bonds. The van der Waals surface area contributed by atoms with E-state index in [2.05, 4.69) is 0 Å². The highest BCUT2D eigenvalue weighted by molar-refractivity contribution is 7.93. The molecule has 0 aliphatic rings. The highest BCUT2D eigenvalue weighted by Gasteiger charge is 2.08. The molecule has 2 rings (SSSR count). The number of hydrogen-bond donors (Lipinski definition) is 1. The molecular weight excluding hydrogens is 298 g/mol. The van der Waals surface area contributed by atoms with E-state index in [1.54, 1.807) is 30.3 Å². The van der Waals surface area contributed by atoms with Crippen molar-refractivity contribution in [2.45, 2.75) is 0 Å². The lowest BCUT2D eigenvalue weighted by molar-refractivity contribution is -0.114. The van der Waals surface area contributed by atoms with Gasteiger partial charge in [-0.05, 0) is 23.3 Å². The Morgan fingerprint density at radius 3 is 1.86 bits per heavy atom. The van der Waals surface area contributed by atoms with Crippen molar-refractivity contribution in [1.82, 2.24) is 4.72 Å². The van der Waals surface area contributed by atoms with Crippen LogP contribution in [0.2, 0.25) is 0 Å². The third-order valence-corrected chi connectivity index (χ3v) is 3.69. The number of nitrogens with one attached hydrogen (secondary N) is 1. The van der Waals surface area contributed by atoms with E-state index < -0.39 is 15.9 Å². The second-order valence-corrected chi connectivity index (χ2v) is 6.04. The first kappa shape index (κ1) is 15.7. The van der Waals surface area contributed by atoms with E-state index in [0.29, 0.717) is 0 Å². The molecule has 2 aromatic rings. The highest BCUT2D eigenvalue weighted by Crippen LogP contribution is 2.03. The fourth-order valence-corrected chi connectivity index (χ4v) is 2.43. The van der Waals surface area contributed by atoms with Gasteiger partial charge >= 0.3 is 0 Å². The predicted octanol–water partition coefficient (Wildman–Crippen LogP) is 2.82. The van der Waals surface area contributed by atoms with Gasteiger partial charge in [-0.25, -0.2) is 13.1 Å². The summed E-state index contributed by atoms with van der Waals surface area (Å²) in [5, 5.41) is 0.969. The first-order valence-corrected chi connectivity index (χ1v) is 8.13. The van der Waals surface area contributed by atoms with Crippen LogP contribution in [0.4, 0.5) is 0 Å². The van der Waals surface area contributed by atoms with Gasteiger partial charge in [0.05, 0.1) is 5.41 Å². The minimum Gasteiger partial charge on any atom is -0.269 e. The van der Waals surface area contributed by atoms with Crippen molar-refractivity contribution in [3.63, 3.8) is 0 Å². The van der Waals surface area contributed by atoms with Crippen molar-refractivity contribution >= 4 is 28.1 Å². The minimum absolute atomic E-state index is 0.693. The molecule has 112 valence electrons. The lowest BCUT2D eigenvalue weighted by Gasteiger charge is -1.99. The number of benzene rings is 2. The molecule has 0 atom stereocenters. The van der Waals surface area contributed by atoms with Gasteiger partial charge < -0.3 is 0 Å². The fraction of sp³-hybridized carbons (Fsp3) is 0. The van der Waals surface area contributed by atoms with Crippen molar-refractivity contribution in [1.29, 1.82) is 0 Å². The van der Waals surface area contributed by atoms with E-state index in [1.807, 2.05) is 41.1 Å². The molecule has 5 heteroatoms. The summed E-state index contributed by atoms with van der Waals surface area (Å²) in [6, 6.07) is 18.1. The third-order valence-electron chi connectivity index (χ3n) is 2.71. The Kier molecular flexibility index (Phi) is 5.27. The van der Waals surface area contributed by atoms with Gasteiger partial charge in [-0.1, -0.05) is 60.7 Å².